The fraction of sp³-hybridized carbons (Fsp3) is 0.364. The Hall–Kier alpha value is -1.29. The summed E-state index contributed by atoms with van der Waals surface area (Å²) >= 11 is 5.07. The molecule has 0 saturated carbocycles. The number of nitrogens with zero attached hydrogens (tertiary/aromatic N) is 2. The van der Waals surface area contributed by atoms with Crippen molar-refractivity contribution >= 4 is 28.9 Å². The normalized spacial score (nSPS) is 26.6. The van der Waals surface area contributed by atoms with Crippen LogP contribution in [0.1, 0.15) is 13.8 Å². The van der Waals surface area contributed by atoms with Gasteiger partial charge in [0.05, 0.1) is 11.6 Å². The molecule has 1 heterocycles. The third-order valence-electron chi connectivity index (χ3n) is 2.16. The van der Waals surface area contributed by atoms with Crippen LogP contribution in [0.15, 0.2) is 34.3 Å². The first-order valence-corrected chi connectivity index (χ1v) is 5.40. The molecular formula is C11H13N3S. The lowest BCUT2D eigenvalue weighted by atomic mass is 9.96. The minimum atomic E-state index is 0.143. The quantitative estimate of drug-likeness (QED) is 0.683. The van der Waals surface area contributed by atoms with Gasteiger partial charge in [0.2, 0.25) is 0 Å². The number of nitrogens with one attached hydrogen (secondary N) is 1. The van der Waals surface area contributed by atoms with Gasteiger partial charge in [-0.15, -0.1) is 0 Å². The minimum absolute atomic E-state index is 0.143. The topological polar surface area (TPSA) is 36.8 Å². The molecule has 1 aliphatic carbocycles. The SMILES string of the molecule is CC(C)N=C1NC(=S)N=C2C=CC=CC21. The summed E-state index contributed by atoms with van der Waals surface area (Å²) in [6.07, 6.45) is 8.04. The van der Waals surface area contributed by atoms with E-state index in [1.165, 1.54) is 0 Å². The Morgan fingerprint density at radius 1 is 1.47 bits per heavy atom. The Balaban J connectivity index is 2.37. The van der Waals surface area contributed by atoms with Gasteiger partial charge in [0.1, 0.15) is 5.84 Å². The lowest BCUT2D eigenvalue weighted by Crippen LogP contribution is -2.42. The van der Waals surface area contributed by atoms with Crippen LogP contribution in [-0.2, 0) is 0 Å². The van der Waals surface area contributed by atoms with Crippen LogP contribution in [0.2, 0.25) is 0 Å². The number of hydrogen-bond acceptors (Lipinski definition) is 2. The Morgan fingerprint density at radius 3 is 3.00 bits per heavy atom. The van der Waals surface area contributed by atoms with Gasteiger partial charge in [-0.3, -0.25) is 4.99 Å². The summed E-state index contributed by atoms with van der Waals surface area (Å²) in [5.74, 6) is 1.05. The van der Waals surface area contributed by atoms with E-state index >= 15 is 0 Å². The van der Waals surface area contributed by atoms with Crippen LogP contribution in [0.4, 0.5) is 0 Å². The molecule has 0 spiro atoms. The van der Waals surface area contributed by atoms with E-state index in [1.807, 2.05) is 32.1 Å². The van der Waals surface area contributed by atoms with Gasteiger partial charge in [-0.25, -0.2) is 4.99 Å². The molecule has 0 fully saturated rings. The van der Waals surface area contributed by atoms with Crippen molar-refractivity contribution in [2.75, 3.05) is 0 Å². The Morgan fingerprint density at radius 2 is 2.27 bits per heavy atom. The number of allylic oxidation sites excluding steroid dienone is 3. The van der Waals surface area contributed by atoms with Gasteiger partial charge in [-0.1, -0.05) is 18.2 Å². The van der Waals surface area contributed by atoms with E-state index in [2.05, 4.69) is 21.4 Å². The van der Waals surface area contributed by atoms with Gasteiger partial charge in [0.15, 0.2) is 5.11 Å². The lowest BCUT2D eigenvalue weighted by molar-refractivity contribution is 0.817. The second-order valence-electron chi connectivity index (χ2n) is 3.80. The number of aliphatic imine (C=N–C) groups is 2. The predicted octanol–water partition coefficient (Wildman–Crippen LogP) is 1.86. The Bertz CT molecular complexity index is 402. The second-order valence-corrected chi connectivity index (χ2v) is 4.18. The number of thiocarbonyl (C=S) groups is 1. The van der Waals surface area contributed by atoms with Crippen LogP contribution >= 0.6 is 12.2 Å². The fourth-order valence-electron chi connectivity index (χ4n) is 1.59. The second kappa shape index (κ2) is 4.06. The molecule has 4 heteroatoms. The highest BCUT2D eigenvalue weighted by molar-refractivity contribution is 7.80. The summed E-state index contributed by atoms with van der Waals surface area (Å²) in [7, 11) is 0. The first-order valence-electron chi connectivity index (χ1n) is 4.99. The molecule has 0 amide bonds. The molecule has 2 rings (SSSR count). The number of fused-ring (bicyclic) bond motifs is 1. The molecule has 0 aromatic carbocycles. The van der Waals surface area contributed by atoms with Gasteiger partial charge >= 0.3 is 0 Å². The van der Waals surface area contributed by atoms with E-state index in [0.29, 0.717) is 5.11 Å². The van der Waals surface area contributed by atoms with Crippen LogP contribution in [0.5, 0.6) is 0 Å². The average molecular weight is 219 g/mol. The van der Waals surface area contributed by atoms with Crippen molar-refractivity contribution in [1.82, 2.24) is 5.32 Å². The lowest BCUT2D eigenvalue weighted by Gasteiger charge is -2.24. The van der Waals surface area contributed by atoms with E-state index in [9.17, 15) is 0 Å². The Labute approximate surface area is 94.7 Å². The zero-order valence-corrected chi connectivity index (χ0v) is 9.58. The number of hydrogen-bond donors (Lipinski definition) is 1. The predicted molar refractivity (Wildman–Crippen MR) is 67.5 cm³/mol. The van der Waals surface area contributed by atoms with Crippen LogP contribution in [0.25, 0.3) is 0 Å². The summed E-state index contributed by atoms with van der Waals surface area (Å²) in [5, 5.41) is 3.56. The minimum Gasteiger partial charge on any atom is -0.319 e. The van der Waals surface area contributed by atoms with Crippen LogP contribution in [0, 0.1) is 5.92 Å². The molecule has 1 atom stereocenters. The van der Waals surface area contributed by atoms with Gasteiger partial charge in [-0.05, 0) is 32.1 Å². The molecule has 0 saturated heterocycles. The van der Waals surface area contributed by atoms with Crippen molar-refractivity contribution in [2.24, 2.45) is 15.9 Å². The molecule has 0 radical (unpaired) electrons. The highest BCUT2D eigenvalue weighted by atomic mass is 32.1. The molecule has 0 aromatic rings. The smallest absolute Gasteiger partial charge is 0.198 e. The first-order chi connectivity index (χ1) is 7.16. The van der Waals surface area contributed by atoms with Crippen LogP contribution in [-0.4, -0.2) is 22.7 Å². The molecular weight excluding hydrogens is 206 g/mol. The molecule has 0 aromatic heterocycles. The van der Waals surface area contributed by atoms with Crippen molar-refractivity contribution in [3.63, 3.8) is 0 Å². The van der Waals surface area contributed by atoms with Gasteiger partial charge in [-0.2, -0.15) is 0 Å². The summed E-state index contributed by atoms with van der Waals surface area (Å²) < 4.78 is 0. The van der Waals surface area contributed by atoms with Gasteiger partial charge < -0.3 is 5.32 Å². The highest BCUT2D eigenvalue weighted by Crippen LogP contribution is 2.15. The van der Waals surface area contributed by atoms with Crippen LogP contribution in [0.3, 0.4) is 0 Å². The van der Waals surface area contributed by atoms with E-state index in [-0.39, 0.29) is 12.0 Å². The van der Waals surface area contributed by atoms with Gasteiger partial charge in [0.25, 0.3) is 0 Å². The number of rotatable bonds is 1. The zero-order chi connectivity index (χ0) is 10.8. The van der Waals surface area contributed by atoms with Gasteiger partial charge in [0, 0.05) is 6.04 Å². The van der Waals surface area contributed by atoms with Crippen molar-refractivity contribution in [3.05, 3.63) is 24.3 Å². The number of amidine groups is 1. The largest absolute Gasteiger partial charge is 0.319 e. The molecule has 1 N–H and O–H groups in total. The standard InChI is InChI=1S/C11H13N3S/c1-7(2)12-10-8-5-3-4-6-9(8)13-11(15)14-10/h3-8H,1-2H3,(H,12,14,15). The molecule has 15 heavy (non-hydrogen) atoms. The monoisotopic (exact) mass is 219 g/mol. The van der Waals surface area contributed by atoms with Crippen molar-refractivity contribution < 1.29 is 0 Å². The molecule has 0 bridgehead atoms. The van der Waals surface area contributed by atoms with E-state index < -0.39 is 0 Å². The van der Waals surface area contributed by atoms with E-state index in [4.69, 9.17) is 12.2 Å². The molecule has 78 valence electrons. The summed E-state index contributed by atoms with van der Waals surface area (Å²) in [6.45, 7) is 4.09. The molecule has 2 aliphatic rings. The summed E-state index contributed by atoms with van der Waals surface area (Å²) in [5.41, 5.74) is 0.973. The van der Waals surface area contributed by atoms with E-state index in [1.54, 1.807) is 0 Å². The maximum Gasteiger partial charge on any atom is 0.198 e. The fourth-order valence-corrected chi connectivity index (χ4v) is 1.80. The first kappa shape index (κ1) is 10.2. The summed E-state index contributed by atoms with van der Waals surface area (Å²) in [4.78, 5) is 8.80. The highest BCUT2D eigenvalue weighted by Gasteiger charge is 2.25. The van der Waals surface area contributed by atoms with Crippen molar-refractivity contribution in [2.45, 2.75) is 19.9 Å². The maximum atomic E-state index is 5.07. The van der Waals surface area contributed by atoms with Crippen LogP contribution < -0.4 is 5.32 Å². The maximum absolute atomic E-state index is 5.07. The molecule has 1 unspecified atom stereocenters. The Kier molecular flexibility index (Phi) is 2.77. The van der Waals surface area contributed by atoms with Crippen molar-refractivity contribution in [1.29, 1.82) is 0 Å². The average Bonchev–Trinajstić information content (AvgIpc) is 2.16. The van der Waals surface area contributed by atoms with Crippen molar-refractivity contribution in [3.8, 4) is 0 Å². The van der Waals surface area contributed by atoms with E-state index in [0.717, 1.165) is 11.5 Å². The molecule has 3 nitrogen and oxygen atoms in total. The third-order valence-corrected chi connectivity index (χ3v) is 2.35. The third kappa shape index (κ3) is 2.21. The summed E-state index contributed by atoms with van der Waals surface area (Å²) in [6, 6.07) is 0.258. The zero-order valence-electron chi connectivity index (χ0n) is 8.77. The molecule has 1 aliphatic heterocycles.